The summed E-state index contributed by atoms with van der Waals surface area (Å²) in [4.78, 5) is 30.2. The Morgan fingerprint density at radius 2 is 1.90 bits per heavy atom. The van der Waals surface area contributed by atoms with Gasteiger partial charge in [0.15, 0.2) is 5.65 Å². The Morgan fingerprint density at radius 1 is 1.10 bits per heavy atom. The smallest absolute Gasteiger partial charge is 0.253 e. The van der Waals surface area contributed by atoms with Crippen molar-refractivity contribution in [2.24, 2.45) is 12.5 Å². The van der Waals surface area contributed by atoms with Crippen LogP contribution in [0.3, 0.4) is 0 Å². The summed E-state index contributed by atoms with van der Waals surface area (Å²) < 4.78 is 3.54. The summed E-state index contributed by atoms with van der Waals surface area (Å²) in [5.41, 5.74) is 5.19. The standard InChI is InChI=1S/C30H27N7O2/c1-18-5-4-6-20(13-18)19(2)32-27(38)24-16-36(3)25-8-7-21(14-23(24)25)22-9-12-37-26(15-22)33-29(35-37)34-28(39)30(17-31)10-11-30/h4-9,12-16,19H,10-11H2,1-3H3,(H,32,38)(H,34,35,39)/t19-/m0/s1. The Balaban J connectivity index is 1.28. The van der Waals surface area contributed by atoms with E-state index in [1.54, 1.807) is 10.7 Å². The van der Waals surface area contributed by atoms with Gasteiger partial charge in [-0.2, -0.15) is 10.2 Å². The molecule has 2 N–H and O–H groups in total. The molecule has 2 aromatic carbocycles. The highest BCUT2D eigenvalue weighted by Crippen LogP contribution is 2.45. The van der Waals surface area contributed by atoms with Gasteiger partial charge in [0.2, 0.25) is 11.9 Å². The highest BCUT2D eigenvalue weighted by molar-refractivity contribution is 6.08. The van der Waals surface area contributed by atoms with E-state index < -0.39 is 5.41 Å². The number of fused-ring (bicyclic) bond motifs is 2. The van der Waals surface area contributed by atoms with E-state index in [9.17, 15) is 14.9 Å². The summed E-state index contributed by atoms with van der Waals surface area (Å²) in [6.07, 6.45) is 4.74. The first-order chi connectivity index (χ1) is 18.8. The summed E-state index contributed by atoms with van der Waals surface area (Å²) in [5.74, 6) is -0.331. The van der Waals surface area contributed by atoms with Gasteiger partial charge in [-0.15, -0.1) is 5.10 Å². The summed E-state index contributed by atoms with van der Waals surface area (Å²) >= 11 is 0. The van der Waals surface area contributed by atoms with Crippen LogP contribution in [0.5, 0.6) is 0 Å². The molecule has 1 aliphatic rings. The molecule has 0 spiro atoms. The zero-order chi connectivity index (χ0) is 27.3. The highest BCUT2D eigenvalue weighted by Gasteiger charge is 2.51. The van der Waals surface area contributed by atoms with Crippen molar-refractivity contribution < 1.29 is 9.59 Å². The third-order valence-corrected chi connectivity index (χ3v) is 7.42. The Hall–Kier alpha value is -4.97. The maximum absolute atomic E-state index is 13.4. The molecule has 0 aliphatic heterocycles. The zero-order valence-corrected chi connectivity index (χ0v) is 21.9. The second kappa shape index (κ2) is 9.10. The molecule has 3 aromatic heterocycles. The first-order valence-electron chi connectivity index (χ1n) is 12.8. The fourth-order valence-corrected chi connectivity index (χ4v) is 4.90. The minimum absolute atomic E-state index is 0.133. The molecule has 5 aromatic rings. The molecule has 6 rings (SSSR count). The number of aromatic nitrogens is 4. The van der Waals surface area contributed by atoms with Crippen LogP contribution in [-0.4, -0.2) is 31.0 Å². The van der Waals surface area contributed by atoms with Gasteiger partial charge in [-0.1, -0.05) is 35.9 Å². The van der Waals surface area contributed by atoms with Crippen LogP contribution in [0.15, 0.2) is 67.0 Å². The van der Waals surface area contributed by atoms with Crippen LogP contribution in [0, 0.1) is 23.7 Å². The fraction of sp³-hybridized carbons (Fsp3) is 0.233. The fourth-order valence-electron chi connectivity index (χ4n) is 4.90. The quantitative estimate of drug-likeness (QED) is 0.331. The number of nitriles is 1. The lowest BCUT2D eigenvalue weighted by Gasteiger charge is -2.14. The van der Waals surface area contributed by atoms with Crippen LogP contribution in [0.1, 0.15) is 47.3 Å². The van der Waals surface area contributed by atoms with Gasteiger partial charge in [-0.3, -0.25) is 14.9 Å². The molecule has 9 heteroatoms. The van der Waals surface area contributed by atoms with Crippen molar-refractivity contribution in [3.8, 4) is 17.2 Å². The average molecular weight is 518 g/mol. The minimum atomic E-state index is -0.949. The Bertz CT molecular complexity index is 1820. The Morgan fingerprint density at radius 3 is 2.64 bits per heavy atom. The van der Waals surface area contributed by atoms with Crippen LogP contribution < -0.4 is 10.6 Å². The van der Waals surface area contributed by atoms with Crippen molar-refractivity contribution in [3.63, 3.8) is 0 Å². The summed E-state index contributed by atoms with van der Waals surface area (Å²) in [7, 11) is 1.93. The van der Waals surface area contributed by atoms with Crippen molar-refractivity contribution in [1.82, 2.24) is 24.5 Å². The molecule has 1 aliphatic carbocycles. The molecule has 1 saturated carbocycles. The lowest BCUT2D eigenvalue weighted by molar-refractivity contribution is -0.119. The predicted molar refractivity (Wildman–Crippen MR) is 148 cm³/mol. The number of anilines is 1. The summed E-state index contributed by atoms with van der Waals surface area (Å²) in [5, 5.41) is 20.2. The zero-order valence-electron chi connectivity index (χ0n) is 21.9. The topological polar surface area (TPSA) is 117 Å². The molecule has 0 bridgehead atoms. The van der Waals surface area contributed by atoms with Gasteiger partial charge in [-0.25, -0.2) is 4.52 Å². The lowest BCUT2D eigenvalue weighted by atomic mass is 10.0. The molecule has 194 valence electrons. The van der Waals surface area contributed by atoms with Gasteiger partial charge in [0.05, 0.1) is 17.7 Å². The SMILES string of the molecule is Cc1cccc([C@H](C)NC(=O)c2cn(C)c3ccc(-c4ccn5nc(NC(=O)C6(C#N)CC6)nc5c4)cc23)c1. The van der Waals surface area contributed by atoms with Gasteiger partial charge in [-0.05, 0) is 67.6 Å². The van der Waals surface area contributed by atoms with E-state index >= 15 is 0 Å². The van der Waals surface area contributed by atoms with Crippen molar-refractivity contribution >= 4 is 34.3 Å². The second-order valence-electron chi connectivity index (χ2n) is 10.3. The Kier molecular flexibility index (Phi) is 5.69. The van der Waals surface area contributed by atoms with Crippen molar-refractivity contribution in [3.05, 3.63) is 83.7 Å². The van der Waals surface area contributed by atoms with E-state index in [-0.39, 0.29) is 23.8 Å². The number of rotatable bonds is 6. The molecule has 0 unspecified atom stereocenters. The molecule has 39 heavy (non-hydrogen) atoms. The van der Waals surface area contributed by atoms with Crippen LogP contribution in [0.2, 0.25) is 0 Å². The number of hydrogen-bond acceptors (Lipinski definition) is 5. The Labute approximate surface area is 225 Å². The summed E-state index contributed by atoms with van der Waals surface area (Å²) in [6, 6.07) is 19.9. The highest BCUT2D eigenvalue weighted by atomic mass is 16.2. The first-order valence-corrected chi connectivity index (χ1v) is 12.8. The van der Waals surface area contributed by atoms with Gasteiger partial charge in [0, 0.05) is 30.3 Å². The monoisotopic (exact) mass is 517 g/mol. The molecule has 9 nitrogen and oxygen atoms in total. The number of carbonyl (C=O) groups is 2. The van der Waals surface area contributed by atoms with E-state index in [0.717, 1.165) is 33.2 Å². The van der Waals surface area contributed by atoms with Gasteiger partial charge < -0.3 is 9.88 Å². The van der Waals surface area contributed by atoms with E-state index in [1.807, 2.05) is 80.2 Å². The number of carbonyl (C=O) groups excluding carboxylic acids is 2. The van der Waals surface area contributed by atoms with E-state index in [0.29, 0.717) is 24.1 Å². The molecule has 1 atom stereocenters. The molecule has 0 saturated heterocycles. The molecule has 3 heterocycles. The van der Waals surface area contributed by atoms with E-state index in [1.165, 1.54) is 0 Å². The normalized spacial score (nSPS) is 14.6. The number of aryl methyl sites for hydroxylation is 2. The second-order valence-corrected chi connectivity index (χ2v) is 10.3. The van der Waals surface area contributed by atoms with Gasteiger partial charge in [0.1, 0.15) is 5.41 Å². The average Bonchev–Trinajstić information content (AvgIpc) is 3.53. The largest absolute Gasteiger partial charge is 0.350 e. The number of pyridine rings is 1. The van der Waals surface area contributed by atoms with E-state index in [2.05, 4.69) is 32.9 Å². The van der Waals surface area contributed by atoms with Gasteiger partial charge >= 0.3 is 0 Å². The van der Waals surface area contributed by atoms with Crippen LogP contribution in [0.4, 0.5) is 5.95 Å². The first kappa shape index (κ1) is 24.4. The summed E-state index contributed by atoms with van der Waals surface area (Å²) in [6.45, 7) is 4.02. The lowest BCUT2D eigenvalue weighted by Crippen LogP contribution is -2.26. The van der Waals surface area contributed by atoms with Crippen LogP contribution in [0.25, 0.3) is 27.7 Å². The number of amides is 2. The molecular weight excluding hydrogens is 490 g/mol. The maximum Gasteiger partial charge on any atom is 0.253 e. The van der Waals surface area contributed by atoms with E-state index in [4.69, 9.17) is 0 Å². The number of nitrogens with zero attached hydrogens (tertiary/aromatic N) is 5. The van der Waals surface area contributed by atoms with Crippen LogP contribution in [-0.2, 0) is 11.8 Å². The van der Waals surface area contributed by atoms with Gasteiger partial charge in [0.25, 0.3) is 5.91 Å². The molecule has 2 amide bonds. The number of hydrogen-bond donors (Lipinski definition) is 2. The molecule has 1 fully saturated rings. The minimum Gasteiger partial charge on any atom is -0.350 e. The number of nitrogens with one attached hydrogen (secondary N) is 2. The predicted octanol–water partition coefficient (Wildman–Crippen LogP) is 4.93. The molecular formula is C30H27N7O2. The molecule has 0 radical (unpaired) electrons. The third kappa shape index (κ3) is 4.40. The van der Waals surface area contributed by atoms with Crippen molar-refractivity contribution in [2.75, 3.05) is 5.32 Å². The third-order valence-electron chi connectivity index (χ3n) is 7.42. The van der Waals surface area contributed by atoms with Crippen molar-refractivity contribution in [2.45, 2.75) is 32.7 Å². The van der Waals surface area contributed by atoms with Crippen LogP contribution >= 0.6 is 0 Å². The van der Waals surface area contributed by atoms with Crippen molar-refractivity contribution in [1.29, 1.82) is 5.26 Å². The number of benzene rings is 2. The maximum atomic E-state index is 13.4.